The Morgan fingerprint density at radius 3 is 2.50 bits per heavy atom. The first-order valence-corrected chi connectivity index (χ1v) is 8.87. The summed E-state index contributed by atoms with van der Waals surface area (Å²) in [5.74, 6) is -0.667. The van der Waals surface area contributed by atoms with Crippen molar-refractivity contribution in [3.63, 3.8) is 0 Å². The fourth-order valence-corrected chi connectivity index (χ4v) is 3.17. The van der Waals surface area contributed by atoms with E-state index in [2.05, 4.69) is 10.5 Å². The number of amides is 1. The number of carbonyl (C=O) groups excluding carboxylic acids is 1. The highest BCUT2D eigenvalue weighted by Gasteiger charge is 2.19. The first-order valence-electron chi connectivity index (χ1n) is 8.87. The molecule has 1 amide bonds. The Labute approximate surface area is 163 Å². The molecule has 0 aliphatic heterocycles. The number of hydrazone groups is 1. The van der Waals surface area contributed by atoms with Gasteiger partial charge in [0.05, 0.1) is 11.9 Å². The third-order valence-electron chi connectivity index (χ3n) is 4.52. The summed E-state index contributed by atoms with van der Waals surface area (Å²) in [4.78, 5) is 12.4. The Bertz CT molecular complexity index is 996. The van der Waals surface area contributed by atoms with Gasteiger partial charge in [0.1, 0.15) is 5.82 Å². The molecule has 0 spiro atoms. The van der Waals surface area contributed by atoms with Crippen molar-refractivity contribution < 1.29 is 13.9 Å². The number of nitrogens with one attached hydrogen (secondary N) is 1. The third kappa shape index (κ3) is 4.02. The molecule has 144 valence electrons. The van der Waals surface area contributed by atoms with Crippen LogP contribution in [0.5, 0.6) is 0 Å². The summed E-state index contributed by atoms with van der Waals surface area (Å²) >= 11 is 0. The van der Waals surface area contributed by atoms with E-state index >= 15 is 0 Å². The third-order valence-corrected chi connectivity index (χ3v) is 4.52. The van der Waals surface area contributed by atoms with E-state index in [0.29, 0.717) is 5.69 Å². The van der Waals surface area contributed by atoms with Gasteiger partial charge >= 0.3 is 0 Å². The van der Waals surface area contributed by atoms with Crippen LogP contribution in [0, 0.1) is 19.7 Å². The van der Waals surface area contributed by atoms with Gasteiger partial charge in [0.25, 0.3) is 5.91 Å². The van der Waals surface area contributed by atoms with Gasteiger partial charge < -0.3 is 9.30 Å². The maximum Gasteiger partial charge on any atom is 0.273 e. The SMILES string of the molecule is CO[C@@H](C(=O)N/N=C\c1cc(C)n(-c2ccccc2F)c1C)c1ccccc1. The predicted molar refractivity (Wildman–Crippen MR) is 107 cm³/mol. The standard InChI is InChI=1S/C22H22FN3O2/c1-15-13-18(16(2)26(15)20-12-8-7-11-19(20)23)14-24-25-22(27)21(28-3)17-9-5-4-6-10-17/h4-14,21H,1-3H3,(H,25,27)/b24-14-/t21-/m1/s1. The molecule has 0 bridgehead atoms. The molecule has 2 aromatic carbocycles. The molecule has 0 fully saturated rings. The summed E-state index contributed by atoms with van der Waals surface area (Å²) in [5, 5.41) is 4.06. The van der Waals surface area contributed by atoms with Crippen LogP contribution in [-0.2, 0) is 9.53 Å². The van der Waals surface area contributed by atoms with Gasteiger partial charge in [0.15, 0.2) is 6.10 Å². The number of carbonyl (C=O) groups is 1. The zero-order valence-electron chi connectivity index (χ0n) is 16.0. The number of hydrogen-bond acceptors (Lipinski definition) is 3. The Morgan fingerprint density at radius 2 is 1.82 bits per heavy atom. The molecule has 0 aliphatic rings. The van der Waals surface area contributed by atoms with Crippen LogP contribution in [0.1, 0.15) is 28.6 Å². The summed E-state index contributed by atoms with van der Waals surface area (Å²) in [7, 11) is 1.48. The Kier molecular flexibility index (Phi) is 6.01. The minimum absolute atomic E-state index is 0.299. The van der Waals surface area contributed by atoms with Crippen LogP contribution in [0.2, 0.25) is 0 Å². The Balaban J connectivity index is 1.77. The summed E-state index contributed by atoms with van der Waals surface area (Å²) in [6.45, 7) is 3.77. The minimum Gasteiger partial charge on any atom is -0.367 e. The second-order valence-electron chi connectivity index (χ2n) is 6.37. The number of aromatic nitrogens is 1. The van der Waals surface area contributed by atoms with Gasteiger partial charge in [0.2, 0.25) is 0 Å². The van der Waals surface area contributed by atoms with Crippen LogP contribution in [0.3, 0.4) is 0 Å². The van der Waals surface area contributed by atoms with Crippen molar-refractivity contribution in [1.82, 2.24) is 9.99 Å². The highest BCUT2D eigenvalue weighted by molar-refractivity contribution is 5.86. The largest absolute Gasteiger partial charge is 0.367 e. The number of rotatable bonds is 6. The lowest BCUT2D eigenvalue weighted by atomic mass is 10.1. The molecule has 28 heavy (non-hydrogen) atoms. The van der Waals surface area contributed by atoms with Gasteiger partial charge in [-0.05, 0) is 37.6 Å². The van der Waals surface area contributed by atoms with Crippen LogP contribution in [-0.4, -0.2) is 23.8 Å². The van der Waals surface area contributed by atoms with Crippen LogP contribution < -0.4 is 5.43 Å². The molecule has 5 nitrogen and oxygen atoms in total. The fourth-order valence-electron chi connectivity index (χ4n) is 3.17. The lowest BCUT2D eigenvalue weighted by Crippen LogP contribution is -2.26. The Morgan fingerprint density at radius 1 is 1.14 bits per heavy atom. The molecule has 0 saturated heterocycles. The van der Waals surface area contributed by atoms with Gasteiger partial charge in [-0.3, -0.25) is 4.79 Å². The van der Waals surface area contributed by atoms with Gasteiger partial charge in [0, 0.05) is 24.1 Å². The lowest BCUT2D eigenvalue weighted by Gasteiger charge is -2.13. The number of hydrogen-bond donors (Lipinski definition) is 1. The molecular weight excluding hydrogens is 357 g/mol. The van der Waals surface area contributed by atoms with E-state index in [0.717, 1.165) is 22.5 Å². The maximum atomic E-state index is 14.2. The van der Waals surface area contributed by atoms with Crippen molar-refractivity contribution in [3.05, 3.63) is 89.0 Å². The quantitative estimate of drug-likeness (QED) is 0.518. The fraction of sp³-hybridized carbons (Fsp3) is 0.182. The van der Waals surface area contributed by atoms with E-state index in [1.54, 1.807) is 24.4 Å². The van der Waals surface area contributed by atoms with Crippen LogP contribution in [0.25, 0.3) is 5.69 Å². The van der Waals surface area contributed by atoms with Gasteiger partial charge in [-0.1, -0.05) is 42.5 Å². The van der Waals surface area contributed by atoms with Crippen molar-refractivity contribution in [1.29, 1.82) is 0 Å². The van der Waals surface area contributed by atoms with E-state index in [1.807, 2.05) is 54.8 Å². The van der Waals surface area contributed by atoms with E-state index < -0.39 is 6.10 Å². The van der Waals surface area contributed by atoms with E-state index in [-0.39, 0.29) is 11.7 Å². The van der Waals surface area contributed by atoms with Crippen LogP contribution in [0.15, 0.2) is 65.8 Å². The number of nitrogens with zero attached hydrogens (tertiary/aromatic N) is 2. The first-order chi connectivity index (χ1) is 13.5. The second kappa shape index (κ2) is 8.63. The summed E-state index contributed by atoms with van der Waals surface area (Å²) < 4.78 is 21.3. The molecule has 0 saturated carbocycles. The average molecular weight is 379 g/mol. The highest BCUT2D eigenvalue weighted by atomic mass is 19.1. The average Bonchev–Trinajstić information content (AvgIpc) is 2.97. The monoisotopic (exact) mass is 379 g/mol. The van der Waals surface area contributed by atoms with Crippen molar-refractivity contribution >= 4 is 12.1 Å². The van der Waals surface area contributed by atoms with Crippen molar-refractivity contribution in [2.45, 2.75) is 20.0 Å². The smallest absolute Gasteiger partial charge is 0.273 e. The second-order valence-corrected chi connectivity index (χ2v) is 6.37. The molecule has 6 heteroatoms. The number of halogens is 1. The van der Waals surface area contributed by atoms with E-state index in [9.17, 15) is 9.18 Å². The van der Waals surface area contributed by atoms with E-state index in [4.69, 9.17) is 4.74 Å². The molecule has 1 aromatic heterocycles. The summed E-state index contributed by atoms with van der Waals surface area (Å²) in [6.07, 6.45) is 0.805. The minimum atomic E-state index is -0.746. The number of benzene rings is 2. The zero-order chi connectivity index (χ0) is 20.1. The maximum absolute atomic E-state index is 14.2. The molecule has 3 aromatic rings. The topological polar surface area (TPSA) is 55.6 Å². The predicted octanol–water partition coefficient (Wildman–Crippen LogP) is 4.07. The molecule has 3 rings (SSSR count). The van der Waals surface area contributed by atoms with Gasteiger partial charge in [-0.25, -0.2) is 9.82 Å². The molecule has 1 heterocycles. The first kappa shape index (κ1) is 19.5. The zero-order valence-corrected chi connectivity index (χ0v) is 16.0. The van der Waals surface area contributed by atoms with Crippen molar-refractivity contribution in [2.24, 2.45) is 5.10 Å². The molecule has 1 N–H and O–H groups in total. The van der Waals surface area contributed by atoms with Gasteiger partial charge in [-0.2, -0.15) is 5.10 Å². The summed E-state index contributed by atoms with van der Waals surface area (Å²) in [6, 6.07) is 17.7. The molecule has 1 atom stereocenters. The van der Waals surface area contributed by atoms with E-state index in [1.165, 1.54) is 13.2 Å². The molecule has 0 radical (unpaired) electrons. The number of para-hydroxylation sites is 1. The van der Waals surface area contributed by atoms with Crippen molar-refractivity contribution in [3.8, 4) is 5.69 Å². The van der Waals surface area contributed by atoms with Crippen molar-refractivity contribution in [2.75, 3.05) is 7.11 Å². The van der Waals surface area contributed by atoms with Crippen LogP contribution in [0.4, 0.5) is 4.39 Å². The Hall–Kier alpha value is -3.25. The molecular formula is C22H22FN3O2. The molecule has 0 unspecified atom stereocenters. The summed E-state index contributed by atoms with van der Waals surface area (Å²) in [5.41, 5.74) is 6.21. The normalized spacial score (nSPS) is 12.3. The lowest BCUT2D eigenvalue weighted by molar-refractivity contribution is -0.131. The van der Waals surface area contributed by atoms with Crippen LogP contribution >= 0.6 is 0 Å². The van der Waals surface area contributed by atoms with Gasteiger partial charge in [-0.15, -0.1) is 0 Å². The number of methoxy groups -OCH3 is 1. The number of aryl methyl sites for hydroxylation is 1. The molecule has 0 aliphatic carbocycles. The highest BCUT2D eigenvalue weighted by Crippen LogP contribution is 2.22. The number of ether oxygens (including phenoxy) is 1.